The molecule has 0 aromatic heterocycles. The zero-order valence-electron chi connectivity index (χ0n) is 11.1. The van der Waals surface area contributed by atoms with Crippen molar-refractivity contribution in [2.24, 2.45) is 5.92 Å². The van der Waals surface area contributed by atoms with Gasteiger partial charge in [-0.2, -0.15) is 0 Å². The Balaban J connectivity index is 2.57. The standard InChI is InChI=1S/C14H26O2/c1-5-6-9-16-14(4)8-7-12(11(2)3)10-13(14)15/h10-11,13,15H,5-9H2,1-4H3. The van der Waals surface area contributed by atoms with E-state index in [1.807, 2.05) is 13.0 Å². The zero-order chi connectivity index (χ0) is 12.2. The van der Waals surface area contributed by atoms with E-state index in [0.29, 0.717) is 5.92 Å². The number of hydrogen-bond donors (Lipinski definition) is 1. The molecule has 0 aliphatic heterocycles. The second kappa shape index (κ2) is 5.83. The number of allylic oxidation sites excluding steroid dienone is 1. The van der Waals surface area contributed by atoms with Crippen LogP contribution in [0.5, 0.6) is 0 Å². The van der Waals surface area contributed by atoms with Crippen LogP contribution in [0.4, 0.5) is 0 Å². The Kier molecular flexibility index (Phi) is 5.00. The number of aliphatic hydroxyl groups is 1. The van der Waals surface area contributed by atoms with Gasteiger partial charge in [-0.1, -0.05) is 38.8 Å². The highest BCUT2D eigenvalue weighted by molar-refractivity contribution is 5.16. The van der Waals surface area contributed by atoms with E-state index in [9.17, 15) is 5.11 Å². The van der Waals surface area contributed by atoms with Gasteiger partial charge in [0.15, 0.2) is 0 Å². The van der Waals surface area contributed by atoms with Crippen molar-refractivity contribution in [2.75, 3.05) is 6.61 Å². The van der Waals surface area contributed by atoms with Crippen molar-refractivity contribution in [1.29, 1.82) is 0 Å². The second-order valence-corrected chi connectivity index (χ2v) is 5.36. The van der Waals surface area contributed by atoms with E-state index in [-0.39, 0.29) is 5.60 Å². The molecule has 2 nitrogen and oxygen atoms in total. The molecule has 2 unspecified atom stereocenters. The molecule has 0 aromatic rings. The maximum absolute atomic E-state index is 10.1. The van der Waals surface area contributed by atoms with Crippen LogP contribution < -0.4 is 0 Å². The van der Waals surface area contributed by atoms with E-state index in [1.165, 1.54) is 5.57 Å². The summed E-state index contributed by atoms with van der Waals surface area (Å²) in [6.07, 6.45) is 5.75. The molecule has 1 aliphatic rings. The molecule has 0 spiro atoms. The summed E-state index contributed by atoms with van der Waals surface area (Å²) in [6, 6.07) is 0. The van der Waals surface area contributed by atoms with E-state index < -0.39 is 6.10 Å². The highest BCUT2D eigenvalue weighted by Gasteiger charge is 2.36. The minimum atomic E-state index is -0.449. The monoisotopic (exact) mass is 226 g/mol. The second-order valence-electron chi connectivity index (χ2n) is 5.36. The molecule has 0 heterocycles. The maximum Gasteiger partial charge on any atom is 0.101 e. The van der Waals surface area contributed by atoms with Gasteiger partial charge in [0, 0.05) is 6.61 Å². The third-order valence-electron chi connectivity index (χ3n) is 3.58. The molecule has 94 valence electrons. The lowest BCUT2D eigenvalue weighted by molar-refractivity contribution is -0.105. The molecule has 0 fully saturated rings. The topological polar surface area (TPSA) is 29.5 Å². The van der Waals surface area contributed by atoms with Crippen molar-refractivity contribution in [3.8, 4) is 0 Å². The van der Waals surface area contributed by atoms with E-state index in [0.717, 1.165) is 32.3 Å². The van der Waals surface area contributed by atoms with E-state index in [2.05, 4.69) is 20.8 Å². The Bertz CT molecular complexity index is 245. The molecule has 0 saturated carbocycles. The first-order valence-corrected chi connectivity index (χ1v) is 6.52. The molecule has 1 rings (SSSR count). The van der Waals surface area contributed by atoms with Gasteiger partial charge in [-0.3, -0.25) is 0 Å². The first-order chi connectivity index (χ1) is 7.49. The van der Waals surface area contributed by atoms with Crippen molar-refractivity contribution in [2.45, 2.75) is 65.1 Å². The smallest absolute Gasteiger partial charge is 0.101 e. The largest absolute Gasteiger partial charge is 0.386 e. The van der Waals surface area contributed by atoms with Crippen LogP contribution >= 0.6 is 0 Å². The lowest BCUT2D eigenvalue weighted by Gasteiger charge is -2.38. The molecular weight excluding hydrogens is 200 g/mol. The number of rotatable bonds is 5. The Morgan fingerprint density at radius 2 is 2.25 bits per heavy atom. The van der Waals surface area contributed by atoms with Crippen LogP contribution in [0, 0.1) is 5.92 Å². The Labute approximate surface area is 99.7 Å². The summed E-state index contributed by atoms with van der Waals surface area (Å²) in [5.41, 5.74) is 0.997. The highest BCUT2D eigenvalue weighted by Crippen LogP contribution is 2.33. The van der Waals surface area contributed by atoms with Gasteiger partial charge in [0.2, 0.25) is 0 Å². The average Bonchev–Trinajstić information content (AvgIpc) is 2.22. The molecule has 0 saturated heterocycles. The fraction of sp³-hybridized carbons (Fsp3) is 0.857. The first-order valence-electron chi connectivity index (χ1n) is 6.52. The molecule has 0 bridgehead atoms. The number of unbranched alkanes of at least 4 members (excludes halogenated alkanes) is 1. The number of ether oxygens (including phenoxy) is 1. The molecule has 0 radical (unpaired) electrons. The molecule has 16 heavy (non-hydrogen) atoms. The lowest BCUT2D eigenvalue weighted by atomic mass is 9.81. The lowest BCUT2D eigenvalue weighted by Crippen LogP contribution is -2.44. The van der Waals surface area contributed by atoms with Crippen molar-refractivity contribution in [3.63, 3.8) is 0 Å². The Hall–Kier alpha value is -0.340. The highest BCUT2D eigenvalue weighted by atomic mass is 16.5. The van der Waals surface area contributed by atoms with E-state index in [1.54, 1.807) is 0 Å². The SMILES string of the molecule is CCCCOC1(C)CCC(C(C)C)=CC1O. The molecule has 1 N–H and O–H groups in total. The molecular formula is C14H26O2. The van der Waals surface area contributed by atoms with Crippen LogP contribution in [0.25, 0.3) is 0 Å². The summed E-state index contributed by atoms with van der Waals surface area (Å²) in [5, 5.41) is 10.1. The van der Waals surface area contributed by atoms with Gasteiger partial charge in [-0.15, -0.1) is 0 Å². The summed E-state index contributed by atoms with van der Waals surface area (Å²) in [5.74, 6) is 0.537. The Morgan fingerprint density at radius 3 is 2.75 bits per heavy atom. The van der Waals surface area contributed by atoms with Crippen LogP contribution in [-0.2, 0) is 4.74 Å². The average molecular weight is 226 g/mol. The molecule has 1 aliphatic carbocycles. The van der Waals surface area contributed by atoms with Gasteiger partial charge >= 0.3 is 0 Å². The third kappa shape index (κ3) is 3.33. The maximum atomic E-state index is 10.1. The van der Waals surface area contributed by atoms with E-state index >= 15 is 0 Å². The minimum Gasteiger partial charge on any atom is -0.386 e. The molecule has 2 heteroatoms. The quantitative estimate of drug-likeness (QED) is 0.576. The predicted molar refractivity (Wildman–Crippen MR) is 67.4 cm³/mol. The van der Waals surface area contributed by atoms with Crippen LogP contribution in [0.3, 0.4) is 0 Å². The van der Waals surface area contributed by atoms with Crippen molar-refractivity contribution in [3.05, 3.63) is 11.6 Å². The summed E-state index contributed by atoms with van der Waals surface area (Å²) in [6.45, 7) is 9.30. The van der Waals surface area contributed by atoms with Gasteiger partial charge < -0.3 is 9.84 Å². The van der Waals surface area contributed by atoms with Crippen LogP contribution in [0.1, 0.15) is 53.4 Å². The predicted octanol–water partition coefficient (Wildman–Crippen LogP) is 3.30. The fourth-order valence-electron chi connectivity index (χ4n) is 2.09. The Morgan fingerprint density at radius 1 is 1.56 bits per heavy atom. The minimum absolute atomic E-state index is 0.368. The zero-order valence-corrected chi connectivity index (χ0v) is 11.1. The van der Waals surface area contributed by atoms with Gasteiger partial charge in [0.05, 0.1) is 5.60 Å². The van der Waals surface area contributed by atoms with Crippen molar-refractivity contribution >= 4 is 0 Å². The summed E-state index contributed by atoms with van der Waals surface area (Å²) in [7, 11) is 0. The first kappa shape index (κ1) is 13.7. The van der Waals surface area contributed by atoms with Crippen LogP contribution in [0.15, 0.2) is 11.6 Å². The number of hydrogen-bond acceptors (Lipinski definition) is 2. The van der Waals surface area contributed by atoms with Crippen LogP contribution in [-0.4, -0.2) is 23.4 Å². The van der Waals surface area contributed by atoms with Crippen LogP contribution in [0.2, 0.25) is 0 Å². The van der Waals surface area contributed by atoms with E-state index in [4.69, 9.17) is 4.74 Å². The molecule has 0 amide bonds. The van der Waals surface area contributed by atoms with Gasteiger partial charge in [-0.25, -0.2) is 0 Å². The summed E-state index contributed by atoms with van der Waals surface area (Å²) in [4.78, 5) is 0. The summed E-state index contributed by atoms with van der Waals surface area (Å²) < 4.78 is 5.86. The van der Waals surface area contributed by atoms with Crippen molar-refractivity contribution < 1.29 is 9.84 Å². The van der Waals surface area contributed by atoms with Crippen molar-refractivity contribution in [1.82, 2.24) is 0 Å². The van der Waals surface area contributed by atoms with Gasteiger partial charge in [-0.05, 0) is 32.1 Å². The third-order valence-corrected chi connectivity index (χ3v) is 3.58. The normalized spacial score (nSPS) is 30.6. The molecule has 2 atom stereocenters. The fourth-order valence-corrected chi connectivity index (χ4v) is 2.09. The summed E-state index contributed by atoms with van der Waals surface area (Å²) >= 11 is 0. The molecule has 0 aromatic carbocycles. The van der Waals surface area contributed by atoms with Gasteiger partial charge in [0.25, 0.3) is 0 Å². The number of aliphatic hydroxyl groups excluding tert-OH is 1. The van der Waals surface area contributed by atoms with Gasteiger partial charge in [0.1, 0.15) is 6.10 Å².